The Balaban J connectivity index is 1.69. The van der Waals surface area contributed by atoms with Crippen molar-refractivity contribution in [3.05, 3.63) is 0 Å². The molecule has 2 N–H and O–H groups in total. The molecule has 2 fully saturated rings. The van der Waals surface area contributed by atoms with Crippen LogP contribution in [-0.2, 0) is 4.79 Å². The fraction of sp³-hybridized carbons (Fsp3) is 0.882. The van der Waals surface area contributed by atoms with Gasteiger partial charge >= 0.3 is 6.03 Å². The van der Waals surface area contributed by atoms with Crippen molar-refractivity contribution in [3.63, 3.8) is 0 Å². The highest BCUT2D eigenvalue weighted by Crippen LogP contribution is 2.23. The number of likely N-dealkylation sites (tertiary alicyclic amines) is 1. The van der Waals surface area contributed by atoms with E-state index in [2.05, 4.69) is 22.5 Å². The maximum absolute atomic E-state index is 12.0. The lowest BCUT2D eigenvalue weighted by atomic mass is 9.86. The van der Waals surface area contributed by atoms with E-state index in [4.69, 9.17) is 0 Å². The van der Waals surface area contributed by atoms with E-state index in [0.29, 0.717) is 12.5 Å². The Hall–Kier alpha value is -1.10. The molecule has 1 aliphatic heterocycles. The lowest BCUT2D eigenvalue weighted by Gasteiger charge is -2.29. The Morgan fingerprint density at radius 1 is 0.955 bits per heavy atom. The predicted molar refractivity (Wildman–Crippen MR) is 87.6 cm³/mol. The van der Waals surface area contributed by atoms with Gasteiger partial charge in [0, 0.05) is 6.04 Å². The number of nitrogens with zero attached hydrogens (tertiary/aromatic N) is 1. The zero-order valence-electron chi connectivity index (χ0n) is 13.9. The second kappa shape index (κ2) is 9.13. The monoisotopic (exact) mass is 309 g/mol. The maximum Gasteiger partial charge on any atom is 0.321 e. The first-order valence-electron chi connectivity index (χ1n) is 8.98. The summed E-state index contributed by atoms with van der Waals surface area (Å²) >= 11 is 0. The molecule has 1 heterocycles. The number of carbonyl (C=O) groups excluding carboxylic acids is 2. The van der Waals surface area contributed by atoms with Gasteiger partial charge in [0.1, 0.15) is 0 Å². The van der Waals surface area contributed by atoms with Crippen molar-refractivity contribution >= 4 is 11.9 Å². The normalized spacial score (nSPS) is 27.5. The van der Waals surface area contributed by atoms with E-state index >= 15 is 0 Å². The third-order valence-electron chi connectivity index (χ3n) is 5.00. The van der Waals surface area contributed by atoms with Gasteiger partial charge in [-0.3, -0.25) is 15.0 Å². The van der Waals surface area contributed by atoms with Gasteiger partial charge in [-0.15, -0.1) is 0 Å². The number of hydrogen-bond acceptors (Lipinski definition) is 3. The van der Waals surface area contributed by atoms with Crippen LogP contribution in [0.1, 0.15) is 64.7 Å². The van der Waals surface area contributed by atoms with Gasteiger partial charge in [-0.25, -0.2) is 4.79 Å². The molecule has 0 unspecified atom stereocenters. The maximum atomic E-state index is 12.0. The summed E-state index contributed by atoms with van der Waals surface area (Å²) in [6.45, 7) is 4.45. The lowest BCUT2D eigenvalue weighted by molar-refractivity contribution is -0.121. The molecule has 5 heteroatoms. The topological polar surface area (TPSA) is 61.4 Å². The summed E-state index contributed by atoms with van der Waals surface area (Å²) in [6, 6.07) is -0.112. The molecular weight excluding hydrogens is 278 g/mol. The molecule has 0 aromatic heterocycles. The largest absolute Gasteiger partial charge is 0.335 e. The molecule has 0 bridgehead atoms. The SMILES string of the molecule is C[C@@H]1CCCC[C@H]1NC(=O)NC(=O)CN1CCCCCCC1. The Labute approximate surface area is 134 Å². The lowest BCUT2D eigenvalue weighted by Crippen LogP contribution is -2.50. The zero-order chi connectivity index (χ0) is 15.8. The number of carbonyl (C=O) groups is 2. The fourth-order valence-corrected chi connectivity index (χ4v) is 3.58. The molecule has 1 aliphatic carbocycles. The molecule has 0 aromatic rings. The molecule has 0 radical (unpaired) electrons. The average molecular weight is 309 g/mol. The highest BCUT2D eigenvalue weighted by molar-refractivity contribution is 5.95. The summed E-state index contributed by atoms with van der Waals surface area (Å²) < 4.78 is 0. The van der Waals surface area contributed by atoms with Crippen LogP contribution in [0.3, 0.4) is 0 Å². The van der Waals surface area contributed by atoms with Crippen LogP contribution in [0.15, 0.2) is 0 Å². The molecule has 0 aromatic carbocycles. The second-order valence-electron chi connectivity index (χ2n) is 6.93. The van der Waals surface area contributed by atoms with Crippen LogP contribution in [0.2, 0.25) is 0 Å². The molecule has 22 heavy (non-hydrogen) atoms. The van der Waals surface area contributed by atoms with Crippen LogP contribution in [0.4, 0.5) is 4.79 Å². The summed E-state index contributed by atoms with van der Waals surface area (Å²) in [4.78, 5) is 26.2. The van der Waals surface area contributed by atoms with Crippen molar-refractivity contribution in [3.8, 4) is 0 Å². The highest BCUT2D eigenvalue weighted by Gasteiger charge is 2.23. The van der Waals surface area contributed by atoms with Crippen LogP contribution in [0.25, 0.3) is 0 Å². The third kappa shape index (κ3) is 5.95. The number of amides is 3. The molecule has 5 nitrogen and oxygen atoms in total. The predicted octanol–water partition coefficient (Wildman–Crippen LogP) is 2.66. The summed E-state index contributed by atoms with van der Waals surface area (Å²) in [6.07, 6.45) is 10.7. The van der Waals surface area contributed by atoms with Crippen molar-refractivity contribution in [2.75, 3.05) is 19.6 Å². The summed E-state index contributed by atoms with van der Waals surface area (Å²) in [5.74, 6) is 0.325. The van der Waals surface area contributed by atoms with Gasteiger partial charge < -0.3 is 5.32 Å². The Bertz CT molecular complexity index is 365. The van der Waals surface area contributed by atoms with E-state index in [0.717, 1.165) is 45.2 Å². The van der Waals surface area contributed by atoms with Gasteiger partial charge in [-0.2, -0.15) is 0 Å². The van der Waals surface area contributed by atoms with Gasteiger partial charge in [0.25, 0.3) is 0 Å². The van der Waals surface area contributed by atoms with Crippen LogP contribution < -0.4 is 10.6 Å². The summed E-state index contributed by atoms with van der Waals surface area (Å²) in [5, 5.41) is 5.47. The van der Waals surface area contributed by atoms with Crippen LogP contribution >= 0.6 is 0 Å². The standard InChI is InChI=1S/C17H31N3O2/c1-14-9-5-6-10-15(14)18-17(22)19-16(21)13-20-11-7-3-2-4-8-12-20/h14-15H,2-13H2,1H3,(H2,18,19,21,22)/t14-,15-/m1/s1. The Morgan fingerprint density at radius 3 is 2.27 bits per heavy atom. The molecular formula is C17H31N3O2. The number of urea groups is 1. The molecule has 1 saturated carbocycles. The van der Waals surface area contributed by atoms with E-state index in [1.54, 1.807) is 0 Å². The van der Waals surface area contributed by atoms with E-state index in [1.807, 2.05) is 0 Å². The van der Waals surface area contributed by atoms with Crippen LogP contribution in [-0.4, -0.2) is 42.5 Å². The van der Waals surface area contributed by atoms with Gasteiger partial charge in [0.05, 0.1) is 6.54 Å². The van der Waals surface area contributed by atoms with Gasteiger partial charge in [0.15, 0.2) is 0 Å². The molecule has 0 spiro atoms. The van der Waals surface area contributed by atoms with Crippen molar-refractivity contribution in [1.82, 2.24) is 15.5 Å². The Kier molecular flexibility index (Phi) is 7.16. The molecule has 3 amide bonds. The molecule has 2 aliphatic rings. The molecule has 2 atom stereocenters. The van der Waals surface area contributed by atoms with Crippen LogP contribution in [0.5, 0.6) is 0 Å². The van der Waals surface area contributed by atoms with E-state index in [-0.39, 0.29) is 18.0 Å². The van der Waals surface area contributed by atoms with Crippen molar-refractivity contribution < 1.29 is 9.59 Å². The summed E-state index contributed by atoms with van der Waals surface area (Å²) in [5.41, 5.74) is 0. The fourth-order valence-electron chi connectivity index (χ4n) is 3.58. The number of rotatable bonds is 3. The van der Waals surface area contributed by atoms with Gasteiger partial charge in [-0.05, 0) is 44.7 Å². The smallest absolute Gasteiger partial charge is 0.321 e. The molecule has 126 valence electrons. The first-order chi connectivity index (χ1) is 10.6. The number of imide groups is 1. The average Bonchev–Trinajstić information content (AvgIpc) is 2.44. The van der Waals surface area contributed by atoms with E-state index < -0.39 is 0 Å². The van der Waals surface area contributed by atoms with E-state index in [1.165, 1.54) is 25.7 Å². The van der Waals surface area contributed by atoms with Crippen molar-refractivity contribution in [1.29, 1.82) is 0 Å². The van der Waals surface area contributed by atoms with Crippen LogP contribution in [0, 0.1) is 5.92 Å². The van der Waals surface area contributed by atoms with Crippen molar-refractivity contribution in [2.24, 2.45) is 5.92 Å². The number of nitrogens with one attached hydrogen (secondary N) is 2. The minimum Gasteiger partial charge on any atom is -0.335 e. The number of hydrogen-bond donors (Lipinski definition) is 2. The van der Waals surface area contributed by atoms with Gasteiger partial charge in [-0.1, -0.05) is 39.0 Å². The van der Waals surface area contributed by atoms with E-state index in [9.17, 15) is 9.59 Å². The van der Waals surface area contributed by atoms with Crippen molar-refractivity contribution in [2.45, 2.75) is 70.8 Å². The minimum atomic E-state index is -0.323. The highest BCUT2D eigenvalue weighted by atomic mass is 16.2. The first kappa shape index (κ1) is 17.3. The Morgan fingerprint density at radius 2 is 1.59 bits per heavy atom. The zero-order valence-corrected chi connectivity index (χ0v) is 13.9. The quantitative estimate of drug-likeness (QED) is 0.842. The molecule has 2 rings (SSSR count). The first-order valence-corrected chi connectivity index (χ1v) is 8.98. The van der Waals surface area contributed by atoms with Gasteiger partial charge in [0.2, 0.25) is 5.91 Å². The second-order valence-corrected chi connectivity index (χ2v) is 6.93. The minimum absolute atomic E-state index is 0.179. The molecule has 1 saturated heterocycles. The third-order valence-corrected chi connectivity index (χ3v) is 5.00. The summed E-state index contributed by atoms with van der Waals surface area (Å²) in [7, 11) is 0.